The summed E-state index contributed by atoms with van der Waals surface area (Å²) >= 11 is 0. The van der Waals surface area contributed by atoms with Crippen molar-refractivity contribution in [3.05, 3.63) is 29.8 Å². The first-order valence-corrected chi connectivity index (χ1v) is 12.1. The Morgan fingerprint density at radius 1 is 1.06 bits per heavy atom. The van der Waals surface area contributed by atoms with Crippen molar-refractivity contribution in [1.29, 1.82) is 0 Å². The second kappa shape index (κ2) is 11.9. The van der Waals surface area contributed by atoms with Gasteiger partial charge in [-0.15, -0.1) is 0 Å². The smallest absolute Gasteiger partial charge is 0.319 e. The summed E-state index contributed by atoms with van der Waals surface area (Å²) in [5, 5.41) is 14.4. The maximum atomic E-state index is 13.4. The molecule has 2 fully saturated rings. The molecule has 0 radical (unpaired) electrons. The van der Waals surface area contributed by atoms with E-state index in [0.717, 1.165) is 31.0 Å². The van der Waals surface area contributed by atoms with Gasteiger partial charge in [0.15, 0.2) is 11.6 Å². The van der Waals surface area contributed by atoms with Crippen LogP contribution in [0.15, 0.2) is 18.2 Å². The monoisotopic (exact) mass is 511 g/mol. The fourth-order valence-corrected chi connectivity index (χ4v) is 4.45. The predicted molar refractivity (Wildman–Crippen MR) is 132 cm³/mol. The number of halogens is 2. The quantitative estimate of drug-likeness (QED) is 0.575. The van der Waals surface area contributed by atoms with Crippen LogP contribution in [0.25, 0.3) is 0 Å². The molecule has 202 valence electrons. The lowest BCUT2D eigenvalue weighted by Crippen LogP contribution is -2.58. The van der Waals surface area contributed by atoms with Crippen molar-refractivity contribution < 1.29 is 28.3 Å². The van der Waals surface area contributed by atoms with Gasteiger partial charge in [0.25, 0.3) is 0 Å². The number of aromatic hydroxyl groups is 1. The summed E-state index contributed by atoms with van der Waals surface area (Å²) in [5.74, 6) is -2.49. The third-order valence-corrected chi connectivity index (χ3v) is 6.62. The van der Waals surface area contributed by atoms with Gasteiger partial charge in [-0.3, -0.25) is 9.59 Å². The van der Waals surface area contributed by atoms with Crippen molar-refractivity contribution in [2.75, 3.05) is 34.2 Å². The number of carbonyl (C=O) groups excluding carboxylic acids is 3. The topological polar surface area (TPSA) is 105 Å². The Labute approximate surface area is 211 Å². The molecule has 3 rings (SSSR count). The van der Waals surface area contributed by atoms with Crippen LogP contribution in [0.3, 0.4) is 0 Å². The zero-order valence-corrected chi connectivity index (χ0v) is 22.1. The zero-order chi connectivity index (χ0) is 27.4. The Morgan fingerprint density at radius 3 is 2.08 bits per heavy atom. The molecule has 2 saturated heterocycles. The molecule has 0 aromatic heterocycles. The van der Waals surface area contributed by atoms with E-state index >= 15 is 0 Å². The molecule has 4 atom stereocenters. The standard InChI is InChI=1S/C19H35N5O3.C6H4F2O/c1-12(20-5)16(25)21-15(19(2,3)4)17(26)23-10-8-14-13(23)9-11-24(14)18(27)22(6)7;7-5-2-1-4(9)3-6(5)8/h12-15,20H,8-11H2,1-7H3,(H,21,25);1-3,9H/t12-,13?,14?,15?;/m0./s1. The van der Waals surface area contributed by atoms with Crippen LogP contribution in [0.5, 0.6) is 5.75 Å². The van der Waals surface area contributed by atoms with Gasteiger partial charge >= 0.3 is 6.03 Å². The minimum atomic E-state index is -1.03. The first-order valence-electron chi connectivity index (χ1n) is 12.1. The van der Waals surface area contributed by atoms with Gasteiger partial charge < -0.3 is 30.4 Å². The molecule has 36 heavy (non-hydrogen) atoms. The van der Waals surface area contributed by atoms with E-state index in [0.29, 0.717) is 13.1 Å². The highest BCUT2D eigenvalue weighted by Crippen LogP contribution is 2.34. The summed E-state index contributed by atoms with van der Waals surface area (Å²) in [6.45, 7) is 8.94. The number of hydrogen-bond donors (Lipinski definition) is 3. The van der Waals surface area contributed by atoms with Crippen LogP contribution in [0.4, 0.5) is 13.6 Å². The van der Waals surface area contributed by atoms with E-state index in [2.05, 4.69) is 10.6 Å². The van der Waals surface area contributed by atoms with Crippen molar-refractivity contribution in [3.63, 3.8) is 0 Å². The van der Waals surface area contributed by atoms with E-state index in [-0.39, 0.29) is 41.7 Å². The number of rotatable bonds is 4. The highest BCUT2D eigenvalue weighted by molar-refractivity contribution is 5.90. The average molecular weight is 512 g/mol. The van der Waals surface area contributed by atoms with E-state index in [9.17, 15) is 23.2 Å². The Kier molecular flexibility index (Phi) is 9.64. The lowest BCUT2D eigenvalue weighted by atomic mass is 9.85. The molecule has 0 saturated carbocycles. The summed E-state index contributed by atoms with van der Waals surface area (Å²) in [5.41, 5.74) is -0.407. The third-order valence-electron chi connectivity index (χ3n) is 6.62. The third kappa shape index (κ3) is 6.83. The molecule has 1 aromatic carbocycles. The van der Waals surface area contributed by atoms with E-state index in [1.165, 1.54) is 0 Å². The number of fused-ring (bicyclic) bond motifs is 1. The minimum Gasteiger partial charge on any atom is -0.508 e. The number of benzene rings is 1. The van der Waals surface area contributed by atoms with Gasteiger partial charge in [0.05, 0.1) is 18.1 Å². The molecule has 0 bridgehead atoms. The van der Waals surface area contributed by atoms with Crippen molar-refractivity contribution in [3.8, 4) is 5.75 Å². The number of phenols is 1. The van der Waals surface area contributed by atoms with Gasteiger partial charge in [0, 0.05) is 33.3 Å². The Hall–Kier alpha value is -2.95. The first-order chi connectivity index (χ1) is 16.7. The largest absolute Gasteiger partial charge is 0.508 e. The molecule has 0 aliphatic carbocycles. The van der Waals surface area contributed by atoms with Gasteiger partial charge in [-0.05, 0) is 44.4 Å². The number of hydrogen-bond acceptors (Lipinski definition) is 5. The van der Waals surface area contributed by atoms with Crippen LogP contribution in [-0.2, 0) is 9.59 Å². The number of nitrogens with one attached hydrogen (secondary N) is 2. The van der Waals surface area contributed by atoms with Gasteiger partial charge in [-0.25, -0.2) is 13.6 Å². The maximum absolute atomic E-state index is 13.4. The molecule has 1 aromatic rings. The van der Waals surface area contributed by atoms with Crippen LogP contribution >= 0.6 is 0 Å². The lowest BCUT2D eigenvalue weighted by Gasteiger charge is -2.36. The molecular formula is C25H39F2N5O4. The zero-order valence-electron chi connectivity index (χ0n) is 22.1. The molecule has 11 heteroatoms. The summed E-state index contributed by atoms with van der Waals surface area (Å²) in [4.78, 5) is 43.5. The molecule has 2 aliphatic rings. The van der Waals surface area contributed by atoms with E-state index in [4.69, 9.17) is 5.11 Å². The van der Waals surface area contributed by atoms with Crippen molar-refractivity contribution in [2.45, 2.75) is 64.7 Å². The molecular weight excluding hydrogens is 472 g/mol. The van der Waals surface area contributed by atoms with Crippen LogP contribution in [0.2, 0.25) is 0 Å². The second-order valence-electron chi connectivity index (χ2n) is 10.5. The van der Waals surface area contributed by atoms with Crippen molar-refractivity contribution >= 4 is 17.8 Å². The fraction of sp³-hybridized carbons (Fsp3) is 0.640. The number of nitrogens with zero attached hydrogens (tertiary/aromatic N) is 3. The maximum Gasteiger partial charge on any atom is 0.319 e. The number of carbonyl (C=O) groups is 3. The number of amides is 4. The van der Waals surface area contributed by atoms with Crippen LogP contribution < -0.4 is 10.6 Å². The van der Waals surface area contributed by atoms with Crippen LogP contribution in [0.1, 0.15) is 40.5 Å². The highest BCUT2D eigenvalue weighted by atomic mass is 19.2. The van der Waals surface area contributed by atoms with E-state index < -0.39 is 23.1 Å². The minimum absolute atomic E-state index is 0.000295. The number of likely N-dealkylation sites (N-methyl/N-ethyl adjacent to an activating group) is 1. The molecule has 9 nitrogen and oxygen atoms in total. The predicted octanol–water partition coefficient (Wildman–Crippen LogP) is 2.15. The second-order valence-corrected chi connectivity index (χ2v) is 10.5. The van der Waals surface area contributed by atoms with Gasteiger partial charge in [0.1, 0.15) is 11.8 Å². The number of urea groups is 1. The average Bonchev–Trinajstić information content (AvgIpc) is 3.40. The van der Waals surface area contributed by atoms with Gasteiger partial charge in [-0.2, -0.15) is 0 Å². The Balaban J connectivity index is 0.000000425. The summed E-state index contributed by atoms with van der Waals surface area (Å²) in [6, 6.07) is 1.80. The molecule has 3 unspecified atom stereocenters. The molecule has 0 spiro atoms. The van der Waals surface area contributed by atoms with Crippen LogP contribution in [0, 0.1) is 17.0 Å². The molecule has 2 aliphatic heterocycles. The lowest BCUT2D eigenvalue weighted by molar-refractivity contribution is -0.140. The number of likely N-dealkylation sites (tertiary alicyclic amines) is 2. The van der Waals surface area contributed by atoms with Crippen molar-refractivity contribution in [1.82, 2.24) is 25.3 Å². The van der Waals surface area contributed by atoms with E-state index in [1.54, 1.807) is 33.0 Å². The van der Waals surface area contributed by atoms with Crippen molar-refractivity contribution in [2.24, 2.45) is 5.41 Å². The van der Waals surface area contributed by atoms with Crippen LogP contribution in [-0.4, -0.2) is 96.1 Å². The SMILES string of the molecule is CN[C@@H](C)C(=O)NC(C(=O)N1CCC2C1CCN2C(=O)N(C)C)C(C)(C)C.Oc1ccc(F)c(F)c1. The molecule has 2 heterocycles. The van der Waals surface area contributed by atoms with Gasteiger partial charge in [0.2, 0.25) is 11.8 Å². The van der Waals surface area contributed by atoms with E-state index in [1.807, 2.05) is 30.6 Å². The first kappa shape index (κ1) is 29.3. The normalized spacial score (nSPS) is 20.7. The molecule has 4 amide bonds. The Morgan fingerprint density at radius 2 is 1.61 bits per heavy atom. The summed E-state index contributed by atoms with van der Waals surface area (Å²) in [7, 11) is 5.22. The number of phenolic OH excluding ortho intramolecular Hbond substituents is 1. The Bertz CT molecular complexity index is 953. The molecule has 3 N–H and O–H groups in total. The summed E-state index contributed by atoms with van der Waals surface area (Å²) in [6.07, 6.45) is 1.57. The fourth-order valence-electron chi connectivity index (χ4n) is 4.45. The highest BCUT2D eigenvalue weighted by Gasteiger charge is 2.49. The van der Waals surface area contributed by atoms with Gasteiger partial charge in [-0.1, -0.05) is 20.8 Å². The summed E-state index contributed by atoms with van der Waals surface area (Å²) < 4.78 is 24.1.